The summed E-state index contributed by atoms with van der Waals surface area (Å²) in [4.78, 5) is 25.6. The molecular formula is C15H20N2O3. The van der Waals surface area contributed by atoms with Gasteiger partial charge in [0.25, 0.3) is 0 Å². The van der Waals surface area contributed by atoms with E-state index >= 15 is 0 Å². The molecule has 1 N–H and O–H groups in total. The van der Waals surface area contributed by atoms with Crippen LogP contribution in [0.3, 0.4) is 0 Å². The second kappa shape index (κ2) is 6.41. The van der Waals surface area contributed by atoms with Crippen LogP contribution in [0.1, 0.15) is 25.3 Å². The highest BCUT2D eigenvalue weighted by Gasteiger charge is 2.31. The minimum atomic E-state index is -0.383. The predicted octanol–water partition coefficient (Wildman–Crippen LogP) is 1.32. The molecule has 5 heteroatoms. The Hall–Kier alpha value is -2.04. The van der Waals surface area contributed by atoms with Crippen molar-refractivity contribution in [2.45, 2.75) is 32.4 Å². The number of carbonyl (C=O) groups is 2. The number of nitrogens with one attached hydrogen (secondary N) is 1. The minimum Gasteiger partial charge on any atom is -0.497 e. The van der Waals surface area contributed by atoms with E-state index in [4.69, 9.17) is 4.74 Å². The van der Waals surface area contributed by atoms with Crippen LogP contribution in [0.5, 0.6) is 5.75 Å². The van der Waals surface area contributed by atoms with Gasteiger partial charge in [-0.1, -0.05) is 25.5 Å². The zero-order chi connectivity index (χ0) is 14.5. The van der Waals surface area contributed by atoms with Crippen LogP contribution in [0.4, 0.5) is 0 Å². The molecule has 20 heavy (non-hydrogen) atoms. The fraction of sp³-hybridized carbons (Fsp3) is 0.467. The first-order chi connectivity index (χ1) is 9.63. The van der Waals surface area contributed by atoms with Crippen molar-refractivity contribution < 1.29 is 14.3 Å². The Labute approximate surface area is 118 Å². The Balaban J connectivity index is 2.10. The number of methoxy groups -OCH3 is 1. The summed E-state index contributed by atoms with van der Waals surface area (Å²) >= 11 is 0. The fourth-order valence-electron chi connectivity index (χ4n) is 2.38. The van der Waals surface area contributed by atoms with E-state index < -0.39 is 0 Å². The quantitative estimate of drug-likeness (QED) is 0.882. The maximum Gasteiger partial charge on any atom is 0.245 e. The number of rotatable bonds is 5. The lowest BCUT2D eigenvalue weighted by atomic mass is 10.1. The van der Waals surface area contributed by atoms with Crippen LogP contribution in [-0.2, 0) is 16.1 Å². The summed E-state index contributed by atoms with van der Waals surface area (Å²) in [6.45, 7) is 2.56. The number of ether oxygens (including phenoxy) is 1. The van der Waals surface area contributed by atoms with E-state index in [2.05, 4.69) is 5.32 Å². The van der Waals surface area contributed by atoms with Crippen molar-refractivity contribution in [3.05, 3.63) is 29.8 Å². The van der Waals surface area contributed by atoms with Crippen molar-refractivity contribution >= 4 is 11.8 Å². The molecule has 0 spiro atoms. The Kier molecular flexibility index (Phi) is 4.61. The maximum atomic E-state index is 12.3. The first kappa shape index (κ1) is 14.4. The van der Waals surface area contributed by atoms with Crippen molar-refractivity contribution in [3.63, 3.8) is 0 Å². The second-order valence-electron chi connectivity index (χ2n) is 4.95. The van der Waals surface area contributed by atoms with E-state index in [0.29, 0.717) is 13.0 Å². The fourth-order valence-corrected chi connectivity index (χ4v) is 2.38. The van der Waals surface area contributed by atoms with E-state index in [-0.39, 0.29) is 24.4 Å². The Morgan fingerprint density at radius 2 is 2.20 bits per heavy atom. The average Bonchev–Trinajstić information content (AvgIpc) is 2.44. The van der Waals surface area contributed by atoms with Gasteiger partial charge in [-0.25, -0.2) is 0 Å². The number of benzene rings is 1. The molecule has 2 amide bonds. The Bertz CT molecular complexity index is 502. The third kappa shape index (κ3) is 3.29. The summed E-state index contributed by atoms with van der Waals surface area (Å²) in [6, 6.07) is 7.17. The molecule has 1 unspecified atom stereocenters. The van der Waals surface area contributed by atoms with Gasteiger partial charge in [0.1, 0.15) is 11.8 Å². The topological polar surface area (TPSA) is 58.6 Å². The molecule has 0 saturated carbocycles. The lowest BCUT2D eigenvalue weighted by molar-refractivity contribution is -0.145. The van der Waals surface area contributed by atoms with Crippen molar-refractivity contribution in [1.82, 2.24) is 10.2 Å². The summed E-state index contributed by atoms with van der Waals surface area (Å²) in [7, 11) is 1.61. The zero-order valence-corrected chi connectivity index (χ0v) is 11.9. The SMILES string of the molecule is CCCC1NC(=O)CN(Cc2cccc(OC)c2)C1=O. The summed E-state index contributed by atoms with van der Waals surface area (Å²) in [5.74, 6) is 0.654. The van der Waals surface area contributed by atoms with Crippen LogP contribution in [0.15, 0.2) is 24.3 Å². The second-order valence-corrected chi connectivity index (χ2v) is 4.95. The molecule has 1 saturated heterocycles. The van der Waals surface area contributed by atoms with Gasteiger partial charge in [-0.2, -0.15) is 0 Å². The lowest BCUT2D eigenvalue weighted by Gasteiger charge is -2.32. The number of carbonyl (C=O) groups excluding carboxylic acids is 2. The number of hydrogen-bond acceptors (Lipinski definition) is 3. The summed E-state index contributed by atoms with van der Waals surface area (Å²) in [5, 5.41) is 2.75. The van der Waals surface area contributed by atoms with Gasteiger partial charge in [-0.05, 0) is 24.1 Å². The van der Waals surface area contributed by atoms with Gasteiger partial charge in [0, 0.05) is 6.54 Å². The number of nitrogens with zero attached hydrogens (tertiary/aromatic N) is 1. The van der Waals surface area contributed by atoms with Crippen LogP contribution in [0.25, 0.3) is 0 Å². The summed E-state index contributed by atoms with van der Waals surface area (Å²) < 4.78 is 5.17. The smallest absolute Gasteiger partial charge is 0.245 e. The summed E-state index contributed by atoms with van der Waals surface area (Å²) in [6.07, 6.45) is 1.54. The van der Waals surface area contributed by atoms with Crippen LogP contribution < -0.4 is 10.1 Å². The molecule has 1 aromatic carbocycles. The molecule has 1 fully saturated rings. The number of hydrogen-bond donors (Lipinski definition) is 1. The molecule has 0 aromatic heterocycles. The van der Waals surface area contributed by atoms with Gasteiger partial charge in [0.15, 0.2) is 0 Å². The molecule has 1 heterocycles. The van der Waals surface area contributed by atoms with Gasteiger partial charge in [0.2, 0.25) is 11.8 Å². The molecular weight excluding hydrogens is 256 g/mol. The molecule has 1 aliphatic heterocycles. The Morgan fingerprint density at radius 3 is 2.90 bits per heavy atom. The number of piperazine rings is 1. The maximum absolute atomic E-state index is 12.3. The van der Waals surface area contributed by atoms with Crippen molar-refractivity contribution in [1.29, 1.82) is 0 Å². The zero-order valence-electron chi connectivity index (χ0n) is 11.9. The van der Waals surface area contributed by atoms with Gasteiger partial charge in [-0.3, -0.25) is 9.59 Å². The molecule has 1 aliphatic rings. The molecule has 0 radical (unpaired) electrons. The van der Waals surface area contributed by atoms with Gasteiger partial charge in [-0.15, -0.1) is 0 Å². The van der Waals surface area contributed by atoms with Crippen molar-refractivity contribution in [2.24, 2.45) is 0 Å². The van der Waals surface area contributed by atoms with E-state index in [0.717, 1.165) is 17.7 Å². The summed E-state index contributed by atoms with van der Waals surface area (Å²) in [5.41, 5.74) is 0.961. The Morgan fingerprint density at radius 1 is 1.40 bits per heavy atom. The standard InChI is InChI=1S/C15H20N2O3/c1-3-5-13-15(19)17(10-14(18)16-13)9-11-6-4-7-12(8-11)20-2/h4,6-8,13H,3,5,9-10H2,1-2H3,(H,16,18). The van der Waals surface area contributed by atoms with Crippen molar-refractivity contribution in [2.75, 3.05) is 13.7 Å². The highest BCUT2D eigenvalue weighted by Crippen LogP contribution is 2.16. The third-order valence-electron chi connectivity index (χ3n) is 3.36. The van der Waals surface area contributed by atoms with Crippen LogP contribution in [0.2, 0.25) is 0 Å². The van der Waals surface area contributed by atoms with E-state index in [1.54, 1.807) is 12.0 Å². The van der Waals surface area contributed by atoms with Crippen LogP contribution >= 0.6 is 0 Å². The van der Waals surface area contributed by atoms with Gasteiger partial charge in [0.05, 0.1) is 13.7 Å². The van der Waals surface area contributed by atoms with E-state index in [9.17, 15) is 9.59 Å². The minimum absolute atomic E-state index is 0.00531. The molecule has 1 aromatic rings. The monoisotopic (exact) mass is 276 g/mol. The van der Waals surface area contributed by atoms with Crippen LogP contribution in [-0.4, -0.2) is 36.4 Å². The lowest BCUT2D eigenvalue weighted by Crippen LogP contribution is -2.57. The van der Waals surface area contributed by atoms with Crippen LogP contribution in [0, 0.1) is 0 Å². The molecule has 1 atom stereocenters. The van der Waals surface area contributed by atoms with Gasteiger partial charge >= 0.3 is 0 Å². The predicted molar refractivity (Wildman–Crippen MR) is 75.2 cm³/mol. The molecule has 5 nitrogen and oxygen atoms in total. The highest BCUT2D eigenvalue weighted by atomic mass is 16.5. The first-order valence-electron chi connectivity index (χ1n) is 6.85. The first-order valence-corrected chi connectivity index (χ1v) is 6.85. The average molecular weight is 276 g/mol. The third-order valence-corrected chi connectivity index (χ3v) is 3.36. The molecule has 2 rings (SSSR count). The molecule has 0 aliphatic carbocycles. The highest BCUT2D eigenvalue weighted by molar-refractivity contribution is 5.94. The van der Waals surface area contributed by atoms with Gasteiger partial charge < -0.3 is 15.0 Å². The van der Waals surface area contributed by atoms with E-state index in [1.165, 1.54) is 0 Å². The normalized spacial score (nSPS) is 18.9. The molecule has 108 valence electrons. The number of amides is 2. The molecule has 0 bridgehead atoms. The largest absolute Gasteiger partial charge is 0.497 e. The van der Waals surface area contributed by atoms with E-state index in [1.807, 2.05) is 31.2 Å². The van der Waals surface area contributed by atoms with Crippen molar-refractivity contribution in [3.8, 4) is 5.75 Å².